The van der Waals surface area contributed by atoms with Gasteiger partial charge >= 0.3 is 0 Å². The van der Waals surface area contributed by atoms with Gasteiger partial charge in [0.05, 0.1) is 6.04 Å². The van der Waals surface area contributed by atoms with E-state index in [0.29, 0.717) is 0 Å². The summed E-state index contributed by atoms with van der Waals surface area (Å²) in [5.41, 5.74) is 4.13. The summed E-state index contributed by atoms with van der Waals surface area (Å²) in [6.07, 6.45) is 0. The molecule has 1 N–H and O–H groups in total. The van der Waals surface area contributed by atoms with Crippen LogP contribution < -0.4 is 5.32 Å². The summed E-state index contributed by atoms with van der Waals surface area (Å²) >= 11 is 0. The molecule has 0 aliphatic heterocycles. The SMILES string of the molecule is CNC(c1ccc(F)c(F)c1)c1cccc(C)c1C. The molecule has 0 aliphatic carbocycles. The van der Waals surface area contributed by atoms with Crippen LogP contribution in [0, 0.1) is 25.5 Å². The number of benzene rings is 2. The van der Waals surface area contributed by atoms with Crippen LogP contribution in [0.4, 0.5) is 8.78 Å². The summed E-state index contributed by atoms with van der Waals surface area (Å²) in [7, 11) is 1.81. The van der Waals surface area contributed by atoms with E-state index < -0.39 is 11.6 Å². The molecule has 0 aliphatic rings. The number of nitrogens with one attached hydrogen (secondary N) is 1. The molecule has 3 heteroatoms. The second-order valence-electron chi connectivity index (χ2n) is 4.68. The molecule has 0 saturated heterocycles. The third kappa shape index (κ3) is 2.66. The van der Waals surface area contributed by atoms with Crippen molar-refractivity contribution in [1.82, 2.24) is 5.32 Å². The van der Waals surface area contributed by atoms with Gasteiger partial charge in [-0.05, 0) is 55.3 Å². The van der Waals surface area contributed by atoms with E-state index in [4.69, 9.17) is 0 Å². The van der Waals surface area contributed by atoms with E-state index in [-0.39, 0.29) is 6.04 Å². The summed E-state index contributed by atoms with van der Waals surface area (Å²) in [6, 6.07) is 9.90. The summed E-state index contributed by atoms with van der Waals surface area (Å²) in [5.74, 6) is -1.64. The Morgan fingerprint density at radius 2 is 1.74 bits per heavy atom. The molecule has 0 amide bonds. The standard InChI is InChI=1S/C16H17F2N/c1-10-5-4-6-13(11(10)2)16(19-3)12-7-8-14(17)15(18)9-12/h4-9,16,19H,1-3H3. The molecule has 0 spiro atoms. The Balaban J connectivity index is 2.50. The smallest absolute Gasteiger partial charge is 0.159 e. The number of rotatable bonds is 3. The maximum atomic E-state index is 13.4. The van der Waals surface area contributed by atoms with Crippen molar-refractivity contribution in [3.8, 4) is 0 Å². The van der Waals surface area contributed by atoms with E-state index in [1.54, 1.807) is 6.07 Å². The van der Waals surface area contributed by atoms with Gasteiger partial charge in [-0.3, -0.25) is 0 Å². The van der Waals surface area contributed by atoms with Crippen molar-refractivity contribution in [3.05, 3.63) is 70.3 Å². The lowest BCUT2D eigenvalue weighted by molar-refractivity contribution is 0.505. The first kappa shape index (κ1) is 13.7. The second kappa shape index (κ2) is 5.49. The van der Waals surface area contributed by atoms with Crippen molar-refractivity contribution < 1.29 is 8.78 Å². The summed E-state index contributed by atoms with van der Waals surface area (Å²) in [4.78, 5) is 0. The largest absolute Gasteiger partial charge is 0.309 e. The van der Waals surface area contributed by atoms with Crippen LogP contribution in [-0.2, 0) is 0 Å². The highest BCUT2D eigenvalue weighted by molar-refractivity contribution is 5.40. The first-order valence-corrected chi connectivity index (χ1v) is 6.23. The molecule has 0 saturated carbocycles. The van der Waals surface area contributed by atoms with E-state index >= 15 is 0 Å². The van der Waals surface area contributed by atoms with Crippen molar-refractivity contribution in [2.24, 2.45) is 0 Å². The molecule has 0 radical (unpaired) electrons. The van der Waals surface area contributed by atoms with Gasteiger partial charge in [-0.2, -0.15) is 0 Å². The zero-order chi connectivity index (χ0) is 14.0. The van der Waals surface area contributed by atoms with Crippen molar-refractivity contribution >= 4 is 0 Å². The van der Waals surface area contributed by atoms with Gasteiger partial charge in [0, 0.05) is 0 Å². The molecule has 100 valence electrons. The lowest BCUT2D eigenvalue weighted by atomic mass is 9.93. The number of hydrogen-bond donors (Lipinski definition) is 1. The van der Waals surface area contributed by atoms with Crippen molar-refractivity contribution in [1.29, 1.82) is 0 Å². The van der Waals surface area contributed by atoms with Crippen LogP contribution >= 0.6 is 0 Å². The number of aryl methyl sites for hydroxylation is 1. The minimum absolute atomic E-state index is 0.144. The quantitative estimate of drug-likeness (QED) is 0.883. The predicted molar refractivity (Wildman–Crippen MR) is 73.2 cm³/mol. The van der Waals surface area contributed by atoms with Crippen molar-refractivity contribution in [3.63, 3.8) is 0 Å². The minimum Gasteiger partial charge on any atom is -0.309 e. The molecule has 2 aromatic rings. The Kier molecular flexibility index (Phi) is 3.96. The summed E-state index contributed by atoms with van der Waals surface area (Å²) in [6.45, 7) is 4.08. The lowest BCUT2D eigenvalue weighted by Gasteiger charge is -2.20. The summed E-state index contributed by atoms with van der Waals surface area (Å²) < 4.78 is 26.4. The van der Waals surface area contributed by atoms with Crippen LogP contribution in [0.3, 0.4) is 0 Å². The van der Waals surface area contributed by atoms with Gasteiger partial charge in [-0.15, -0.1) is 0 Å². The molecular weight excluding hydrogens is 244 g/mol. The van der Waals surface area contributed by atoms with Crippen molar-refractivity contribution in [2.75, 3.05) is 7.05 Å². The van der Waals surface area contributed by atoms with E-state index in [2.05, 4.69) is 5.32 Å². The maximum Gasteiger partial charge on any atom is 0.159 e. The molecule has 2 rings (SSSR count). The molecule has 0 bridgehead atoms. The highest BCUT2D eigenvalue weighted by Crippen LogP contribution is 2.27. The van der Waals surface area contributed by atoms with Crippen molar-refractivity contribution in [2.45, 2.75) is 19.9 Å². The fraction of sp³-hybridized carbons (Fsp3) is 0.250. The molecule has 2 aromatic carbocycles. The zero-order valence-electron chi connectivity index (χ0n) is 11.3. The minimum atomic E-state index is -0.820. The van der Waals surface area contributed by atoms with E-state index in [9.17, 15) is 8.78 Å². The van der Waals surface area contributed by atoms with Crippen LogP contribution in [0.15, 0.2) is 36.4 Å². The Morgan fingerprint density at radius 1 is 1.00 bits per heavy atom. The van der Waals surface area contributed by atoms with E-state index in [0.717, 1.165) is 16.7 Å². The Morgan fingerprint density at radius 3 is 2.37 bits per heavy atom. The van der Waals surface area contributed by atoms with Gasteiger partial charge in [0.2, 0.25) is 0 Å². The third-order valence-electron chi connectivity index (χ3n) is 3.52. The van der Waals surface area contributed by atoms with Crippen LogP contribution in [0.25, 0.3) is 0 Å². The average molecular weight is 261 g/mol. The normalized spacial score (nSPS) is 12.5. The molecule has 0 heterocycles. The molecule has 1 unspecified atom stereocenters. The van der Waals surface area contributed by atoms with Crippen LogP contribution in [0.1, 0.15) is 28.3 Å². The monoisotopic (exact) mass is 261 g/mol. The first-order chi connectivity index (χ1) is 9.04. The van der Waals surface area contributed by atoms with Gasteiger partial charge < -0.3 is 5.32 Å². The van der Waals surface area contributed by atoms with Crippen LogP contribution in [0.5, 0.6) is 0 Å². The fourth-order valence-electron chi connectivity index (χ4n) is 2.28. The Bertz CT molecular complexity index is 593. The first-order valence-electron chi connectivity index (χ1n) is 6.23. The predicted octanol–water partition coefficient (Wildman–Crippen LogP) is 3.89. The van der Waals surface area contributed by atoms with Crippen LogP contribution in [-0.4, -0.2) is 7.05 Å². The van der Waals surface area contributed by atoms with Gasteiger partial charge in [0.15, 0.2) is 11.6 Å². The summed E-state index contributed by atoms with van der Waals surface area (Å²) in [5, 5.41) is 3.16. The number of hydrogen-bond acceptors (Lipinski definition) is 1. The van der Waals surface area contributed by atoms with Crippen LogP contribution in [0.2, 0.25) is 0 Å². The highest BCUT2D eigenvalue weighted by Gasteiger charge is 2.16. The fourth-order valence-corrected chi connectivity index (χ4v) is 2.28. The molecule has 19 heavy (non-hydrogen) atoms. The van der Waals surface area contributed by atoms with Gasteiger partial charge in [0.25, 0.3) is 0 Å². The molecule has 1 nitrogen and oxygen atoms in total. The zero-order valence-corrected chi connectivity index (χ0v) is 11.3. The van der Waals surface area contributed by atoms with E-state index in [1.807, 2.05) is 39.1 Å². The third-order valence-corrected chi connectivity index (χ3v) is 3.52. The second-order valence-corrected chi connectivity index (χ2v) is 4.68. The Labute approximate surface area is 112 Å². The molecule has 0 fully saturated rings. The van der Waals surface area contributed by atoms with Gasteiger partial charge in [-0.25, -0.2) is 8.78 Å². The Hall–Kier alpha value is -1.74. The molecule has 0 aromatic heterocycles. The molecular formula is C16H17F2N. The lowest BCUT2D eigenvalue weighted by Crippen LogP contribution is -2.19. The highest BCUT2D eigenvalue weighted by atomic mass is 19.2. The average Bonchev–Trinajstić information content (AvgIpc) is 2.39. The van der Waals surface area contributed by atoms with Gasteiger partial charge in [0.1, 0.15) is 0 Å². The maximum absolute atomic E-state index is 13.4. The van der Waals surface area contributed by atoms with Gasteiger partial charge in [-0.1, -0.05) is 24.3 Å². The number of halogens is 2. The topological polar surface area (TPSA) is 12.0 Å². The molecule has 1 atom stereocenters. The van der Waals surface area contributed by atoms with E-state index in [1.165, 1.54) is 17.7 Å².